The van der Waals surface area contributed by atoms with Crippen LogP contribution in [0.15, 0.2) is 18.3 Å². The highest BCUT2D eigenvalue weighted by Crippen LogP contribution is 2.30. The summed E-state index contributed by atoms with van der Waals surface area (Å²) in [5.74, 6) is 0. The van der Waals surface area contributed by atoms with Gasteiger partial charge in [-0.2, -0.15) is 13.2 Å². The second-order valence-corrected chi connectivity index (χ2v) is 5.97. The first kappa shape index (κ1) is 14.4. The molecule has 1 fully saturated rings. The number of alkyl halides is 3. The van der Waals surface area contributed by atoms with E-state index in [1.54, 1.807) is 0 Å². The SMILES string of the molecule is FC(F)(F)c1ccc(-c2nnc(CCNC3CC3)s2)nc1. The normalized spacial score (nSPS) is 15.4. The van der Waals surface area contributed by atoms with Crippen LogP contribution in [0.3, 0.4) is 0 Å². The van der Waals surface area contributed by atoms with E-state index in [0.717, 1.165) is 30.2 Å². The molecule has 4 nitrogen and oxygen atoms in total. The van der Waals surface area contributed by atoms with Gasteiger partial charge in [0.2, 0.25) is 0 Å². The Morgan fingerprint density at radius 1 is 1.24 bits per heavy atom. The fourth-order valence-corrected chi connectivity index (χ4v) is 2.63. The van der Waals surface area contributed by atoms with Gasteiger partial charge in [-0.05, 0) is 25.0 Å². The van der Waals surface area contributed by atoms with Crippen LogP contribution in [-0.2, 0) is 12.6 Å². The van der Waals surface area contributed by atoms with Crippen LogP contribution in [0.2, 0.25) is 0 Å². The Balaban J connectivity index is 1.64. The first-order chi connectivity index (χ1) is 10.0. The number of nitrogens with one attached hydrogen (secondary N) is 1. The van der Waals surface area contributed by atoms with Crippen LogP contribution in [0.25, 0.3) is 10.7 Å². The van der Waals surface area contributed by atoms with Gasteiger partial charge < -0.3 is 5.32 Å². The van der Waals surface area contributed by atoms with Crippen molar-refractivity contribution in [3.8, 4) is 10.7 Å². The van der Waals surface area contributed by atoms with Crippen LogP contribution in [0, 0.1) is 0 Å². The quantitative estimate of drug-likeness (QED) is 0.922. The predicted molar refractivity (Wildman–Crippen MR) is 72.9 cm³/mol. The minimum Gasteiger partial charge on any atom is -0.314 e. The second kappa shape index (κ2) is 5.69. The molecule has 2 heterocycles. The maximum atomic E-state index is 12.5. The van der Waals surface area contributed by atoms with Gasteiger partial charge in [-0.25, -0.2) is 0 Å². The van der Waals surface area contributed by atoms with Gasteiger partial charge >= 0.3 is 6.18 Å². The van der Waals surface area contributed by atoms with E-state index in [0.29, 0.717) is 16.7 Å². The average molecular weight is 314 g/mol. The van der Waals surface area contributed by atoms with Gasteiger partial charge in [0, 0.05) is 25.2 Å². The Labute approximate surface area is 123 Å². The standard InChI is InChI=1S/C13H13F3N4S/c14-13(15,16)8-1-4-10(18-7-8)12-20-19-11(21-12)5-6-17-9-2-3-9/h1,4,7,9,17H,2-3,5-6H2. The minimum absolute atomic E-state index is 0.418. The average Bonchev–Trinajstić information content (AvgIpc) is 3.14. The Kier molecular flexibility index (Phi) is 3.90. The maximum absolute atomic E-state index is 12.5. The van der Waals surface area contributed by atoms with Crippen molar-refractivity contribution in [1.82, 2.24) is 20.5 Å². The Hall–Kier alpha value is -1.54. The molecule has 0 aliphatic heterocycles. The summed E-state index contributed by atoms with van der Waals surface area (Å²) in [6.45, 7) is 0.847. The molecule has 0 unspecified atom stereocenters. The molecule has 21 heavy (non-hydrogen) atoms. The lowest BCUT2D eigenvalue weighted by molar-refractivity contribution is -0.137. The fraction of sp³-hybridized carbons (Fsp3) is 0.462. The molecule has 0 saturated heterocycles. The molecule has 0 spiro atoms. The molecule has 0 aromatic carbocycles. The highest BCUT2D eigenvalue weighted by Gasteiger charge is 2.30. The summed E-state index contributed by atoms with van der Waals surface area (Å²) in [7, 11) is 0. The number of hydrogen-bond acceptors (Lipinski definition) is 5. The molecule has 3 rings (SSSR count). The summed E-state index contributed by atoms with van der Waals surface area (Å²) in [4.78, 5) is 3.82. The molecule has 2 aromatic rings. The summed E-state index contributed by atoms with van der Waals surface area (Å²) in [6, 6.07) is 2.99. The Morgan fingerprint density at radius 2 is 2.05 bits per heavy atom. The molecule has 0 atom stereocenters. The van der Waals surface area contributed by atoms with Gasteiger partial charge in [-0.1, -0.05) is 11.3 Å². The van der Waals surface area contributed by atoms with Gasteiger partial charge in [-0.15, -0.1) is 10.2 Å². The largest absolute Gasteiger partial charge is 0.417 e. The highest BCUT2D eigenvalue weighted by molar-refractivity contribution is 7.14. The third-order valence-corrected chi connectivity index (χ3v) is 4.13. The van der Waals surface area contributed by atoms with Crippen molar-refractivity contribution in [1.29, 1.82) is 0 Å². The van der Waals surface area contributed by atoms with Gasteiger partial charge in [-0.3, -0.25) is 4.98 Å². The topological polar surface area (TPSA) is 50.7 Å². The summed E-state index contributed by atoms with van der Waals surface area (Å²) < 4.78 is 37.4. The lowest BCUT2D eigenvalue weighted by Gasteiger charge is -2.05. The maximum Gasteiger partial charge on any atom is 0.417 e. The van der Waals surface area contributed by atoms with Gasteiger partial charge in [0.25, 0.3) is 0 Å². The smallest absolute Gasteiger partial charge is 0.314 e. The van der Waals surface area contributed by atoms with Crippen LogP contribution in [-0.4, -0.2) is 27.8 Å². The van der Waals surface area contributed by atoms with E-state index >= 15 is 0 Å². The lowest BCUT2D eigenvalue weighted by atomic mass is 10.2. The van der Waals surface area contributed by atoms with Gasteiger partial charge in [0.05, 0.1) is 5.56 Å². The number of pyridine rings is 1. The van der Waals surface area contributed by atoms with Crippen molar-refractivity contribution >= 4 is 11.3 Å². The number of halogens is 3. The van der Waals surface area contributed by atoms with E-state index in [9.17, 15) is 13.2 Å². The van der Waals surface area contributed by atoms with E-state index in [4.69, 9.17) is 0 Å². The molecule has 2 aromatic heterocycles. The Bertz CT molecular complexity index is 605. The van der Waals surface area contributed by atoms with Crippen molar-refractivity contribution in [2.75, 3.05) is 6.54 Å². The number of hydrogen-bond donors (Lipinski definition) is 1. The first-order valence-electron chi connectivity index (χ1n) is 6.62. The van der Waals surface area contributed by atoms with E-state index in [-0.39, 0.29) is 0 Å². The molecule has 1 aliphatic carbocycles. The van der Waals surface area contributed by atoms with E-state index in [2.05, 4.69) is 20.5 Å². The lowest BCUT2D eigenvalue weighted by Crippen LogP contribution is -2.19. The molecular weight excluding hydrogens is 301 g/mol. The summed E-state index contributed by atoms with van der Waals surface area (Å²) in [5, 5.41) is 12.8. The van der Waals surface area contributed by atoms with Crippen LogP contribution in [0.4, 0.5) is 13.2 Å². The molecule has 1 saturated carbocycles. The van der Waals surface area contributed by atoms with E-state index < -0.39 is 11.7 Å². The van der Waals surface area contributed by atoms with Gasteiger partial charge in [0.1, 0.15) is 10.7 Å². The van der Waals surface area contributed by atoms with Crippen molar-refractivity contribution < 1.29 is 13.2 Å². The predicted octanol–water partition coefficient (Wildman–Crippen LogP) is 2.91. The van der Waals surface area contributed by atoms with Crippen molar-refractivity contribution in [3.63, 3.8) is 0 Å². The zero-order valence-electron chi connectivity index (χ0n) is 11.0. The number of aromatic nitrogens is 3. The highest BCUT2D eigenvalue weighted by atomic mass is 32.1. The molecule has 8 heteroatoms. The molecule has 112 valence electrons. The van der Waals surface area contributed by atoms with Crippen LogP contribution in [0.1, 0.15) is 23.4 Å². The number of nitrogens with zero attached hydrogens (tertiary/aromatic N) is 3. The molecule has 1 N–H and O–H groups in total. The van der Waals surface area contributed by atoms with Crippen LogP contribution < -0.4 is 5.32 Å². The monoisotopic (exact) mass is 314 g/mol. The molecule has 0 bridgehead atoms. The molecule has 1 aliphatic rings. The third-order valence-electron chi connectivity index (χ3n) is 3.13. The number of rotatable bonds is 5. The fourth-order valence-electron chi connectivity index (χ4n) is 1.82. The van der Waals surface area contributed by atoms with Crippen molar-refractivity contribution in [2.45, 2.75) is 31.5 Å². The first-order valence-corrected chi connectivity index (χ1v) is 7.43. The molecular formula is C13H13F3N4S. The second-order valence-electron chi connectivity index (χ2n) is 4.91. The minimum atomic E-state index is -4.37. The van der Waals surface area contributed by atoms with E-state index in [1.807, 2.05) is 0 Å². The molecule has 0 amide bonds. The van der Waals surface area contributed by atoms with Crippen molar-refractivity contribution in [2.24, 2.45) is 0 Å². The third kappa shape index (κ3) is 3.76. The summed E-state index contributed by atoms with van der Waals surface area (Å²) in [5.41, 5.74) is -0.341. The van der Waals surface area contributed by atoms with Crippen LogP contribution >= 0.6 is 11.3 Å². The van der Waals surface area contributed by atoms with Crippen molar-refractivity contribution in [3.05, 3.63) is 28.9 Å². The Morgan fingerprint density at radius 3 is 2.67 bits per heavy atom. The van der Waals surface area contributed by atoms with E-state index in [1.165, 1.54) is 30.2 Å². The van der Waals surface area contributed by atoms with Gasteiger partial charge in [0.15, 0.2) is 5.01 Å². The zero-order chi connectivity index (χ0) is 14.9. The van der Waals surface area contributed by atoms with Crippen LogP contribution in [0.5, 0.6) is 0 Å². The molecule has 0 radical (unpaired) electrons. The summed E-state index contributed by atoms with van der Waals surface area (Å²) in [6.07, 6.45) is -0.306. The summed E-state index contributed by atoms with van der Waals surface area (Å²) >= 11 is 1.37. The zero-order valence-corrected chi connectivity index (χ0v) is 11.8.